The van der Waals surface area contributed by atoms with Crippen LogP contribution in [0.15, 0.2) is 54.9 Å². The van der Waals surface area contributed by atoms with E-state index in [1.807, 2.05) is 30.5 Å². The summed E-state index contributed by atoms with van der Waals surface area (Å²) >= 11 is 0. The summed E-state index contributed by atoms with van der Waals surface area (Å²) in [4.78, 5) is 38.6. The minimum absolute atomic E-state index is 0.00933. The molecule has 2 aliphatic rings. The Morgan fingerprint density at radius 2 is 1.83 bits per heavy atom. The highest BCUT2D eigenvalue weighted by Crippen LogP contribution is 2.41. The molecule has 0 spiro atoms. The molecule has 10 nitrogen and oxygen atoms in total. The van der Waals surface area contributed by atoms with Crippen LogP contribution in [0.25, 0.3) is 0 Å². The number of ether oxygens (including phenoxy) is 1. The van der Waals surface area contributed by atoms with Gasteiger partial charge in [0.1, 0.15) is 11.6 Å². The zero-order chi connectivity index (χ0) is 29.5. The van der Waals surface area contributed by atoms with Gasteiger partial charge in [0.2, 0.25) is 5.91 Å². The first-order valence-corrected chi connectivity index (χ1v) is 14.7. The minimum atomic E-state index is -0.260. The molecule has 4 heterocycles. The Balaban J connectivity index is 1.15. The smallest absolute Gasteiger partial charge is 0.259 e. The number of aromatic nitrogens is 2. The van der Waals surface area contributed by atoms with Crippen molar-refractivity contribution >= 4 is 34.8 Å². The summed E-state index contributed by atoms with van der Waals surface area (Å²) in [6, 6.07) is 13.4. The number of nitrogens with zero attached hydrogens (tertiary/aromatic N) is 4. The van der Waals surface area contributed by atoms with E-state index in [1.54, 1.807) is 30.2 Å². The van der Waals surface area contributed by atoms with Crippen molar-refractivity contribution in [2.75, 3.05) is 73.3 Å². The van der Waals surface area contributed by atoms with E-state index in [4.69, 9.17) is 4.74 Å². The third-order valence-corrected chi connectivity index (χ3v) is 7.85. The monoisotopic (exact) mass is 571 g/mol. The summed E-state index contributed by atoms with van der Waals surface area (Å²) in [5.74, 6) is 1.13. The van der Waals surface area contributed by atoms with Crippen LogP contribution in [0, 0.1) is 0 Å². The van der Waals surface area contributed by atoms with Crippen LogP contribution in [0.1, 0.15) is 48.7 Å². The molecule has 0 unspecified atom stereocenters. The van der Waals surface area contributed by atoms with Gasteiger partial charge < -0.3 is 25.6 Å². The SMILES string of the molecule is CC(=O)N1CC(C)(C)c2ccc(NC(=O)c3cccnc3NCCc3ccnc(NCCCN4CCOCC4)c3)cc21. The van der Waals surface area contributed by atoms with Crippen molar-refractivity contribution < 1.29 is 14.3 Å². The fraction of sp³-hybridized carbons (Fsp3) is 0.438. The van der Waals surface area contributed by atoms with Crippen molar-refractivity contribution in [2.24, 2.45) is 0 Å². The Hall–Kier alpha value is -4.02. The molecule has 2 aliphatic heterocycles. The van der Waals surface area contributed by atoms with Crippen LogP contribution in [0.3, 0.4) is 0 Å². The molecule has 222 valence electrons. The topological polar surface area (TPSA) is 112 Å². The number of nitrogens with one attached hydrogen (secondary N) is 3. The largest absolute Gasteiger partial charge is 0.379 e. The number of hydrogen-bond acceptors (Lipinski definition) is 8. The molecule has 3 N–H and O–H groups in total. The molecule has 1 fully saturated rings. The molecule has 0 bridgehead atoms. The minimum Gasteiger partial charge on any atom is -0.379 e. The second-order valence-electron chi connectivity index (χ2n) is 11.5. The van der Waals surface area contributed by atoms with Gasteiger partial charge in [-0.15, -0.1) is 0 Å². The van der Waals surface area contributed by atoms with E-state index < -0.39 is 0 Å². The lowest BCUT2D eigenvalue weighted by atomic mass is 9.87. The van der Waals surface area contributed by atoms with Crippen LogP contribution in [0.5, 0.6) is 0 Å². The lowest BCUT2D eigenvalue weighted by Crippen LogP contribution is -2.37. The highest BCUT2D eigenvalue weighted by atomic mass is 16.5. The van der Waals surface area contributed by atoms with Gasteiger partial charge in [-0.3, -0.25) is 14.5 Å². The van der Waals surface area contributed by atoms with Crippen LogP contribution < -0.4 is 20.9 Å². The number of carbonyl (C=O) groups excluding carboxylic acids is 2. The van der Waals surface area contributed by atoms with E-state index in [0.29, 0.717) is 30.2 Å². The van der Waals surface area contributed by atoms with Gasteiger partial charge in [-0.1, -0.05) is 19.9 Å². The molecule has 2 amide bonds. The van der Waals surface area contributed by atoms with Crippen LogP contribution in [-0.2, 0) is 21.4 Å². The zero-order valence-corrected chi connectivity index (χ0v) is 24.8. The number of benzene rings is 1. The van der Waals surface area contributed by atoms with Crippen molar-refractivity contribution in [1.82, 2.24) is 14.9 Å². The number of fused-ring (bicyclic) bond motifs is 1. The third kappa shape index (κ3) is 7.24. The number of hydrogen-bond donors (Lipinski definition) is 3. The predicted molar refractivity (Wildman–Crippen MR) is 166 cm³/mol. The Labute approximate surface area is 247 Å². The normalized spacial score (nSPS) is 16.1. The predicted octanol–water partition coefficient (Wildman–Crippen LogP) is 4.16. The van der Waals surface area contributed by atoms with Gasteiger partial charge >= 0.3 is 0 Å². The number of rotatable bonds is 11. The van der Waals surface area contributed by atoms with E-state index >= 15 is 0 Å². The van der Waals surface area contributed by atoms with E-state index in [2.05, 4.69) is 50.7 Å². The molecule has 0 aliphatic carbocycles. The van der Waals surface area contributed by atoms with E-state index in [-0.39, 0.29) is 17.2 Å². The zero-order valence-electron chi connectivity index (χ0n) is 24.8. The number of amides is 2. The maximum atomic E-state index is 13.3. The molecule has 0 saturated carbocycles. The first kappa shape index (κ1) is 29.5. The van der Waals surface area contributed by atoms with Crippen LogP contribution in [0.4, 0.5) is 23.0 Å². The first-order valence-electron chi connectivity index (χ1n) is 14.7. The summed E-state index contributed by atoms with van der Waals surface area (Å²) < 4.78 is 5.41. The van der Waals surface area contributed by atoms with Crippen LogP contribution in [0.2, 0.25) is 0 Å². The average Bonchev–Trinajstić information content (AvgIpc) is 3.26. The Bertz CT molecular complexity index is 1400. The molecule has 0 radical (unpaired) electrons. The maximum absolute atomic E-state index is 13.3. The standard InChI is InChI=1S/C32H41N7O3/c1-23(40)39-22-32(2,3)27-8-7-25(21-28(27)39)37-31(41)26-6-4-11-35-30(26)36-14-10-24-9-13-34-29(20-24)33-12-5-15-38-16-18-42-19-17-38/h4,6-9,11,13,20-21H,5,10,12,14-19,22H2,1-3H3,(H,33,34)(H,35,36)(H,37,41). The molecule has 10 heteroatoms. The lowest BCUT2D eigenvalue weighted by Gasteiger charge is -2.26. The molecular formula is C32H41N7O3. The van der Waals surface area contributed by atoms with Crippen molar-refractivity contribution in [3.63, 3.8) is 0 Å². The van der Waals surface area contributed by atoms with Gasteiger partial charge in [0, 0.05) is 68.8 Å². The van der Waals surface area contributed by atoms with Crippen molar-refractivity contribution in [3.05, 3.63) is 71.5 Å². The van der Waals surface area contributed by atoms with Gasteiger partial charge in [-0.2, -0.15) is 0 Å². The highest BCUT2D eigenvalue weighted by molar-refractivity contribution is 6.08. The first-order chi connectivity index (χ1) is 20.3. The second-order valence-corrected chi connectivity index (χ2v) is 11.5. The van der Waals surface area contributed by atoms with Crippen molar-refractivity contribution in [1.29, 1.82) is 0 Å². The van der Waals surface area contributed by atoms with E-state index in [9.17, 15) is 9.59 Å². The highest BCUT2D eigenvalue weighted by Gasteiger charge is 2.37. The average molecular weight is 572 g/mol. The van der Waals surface area contributed by atoms with Crippen molar-refractivity contribution in [2.45, 2.75) is 39.0 Å². The summed E-state index contributed by atoms with van der Waals surface area (Å²) in [6.07, 6.45) is 5.30. The number of morpholine rings is 1. The fourth-order valence-electron chi connectivity index (χ4n) is 5.58. The van der Waals surface area contributed by atoms with E-state index in [0.717, 1.165) is 74.9 Å². The van der Waals surface area contributed by atoms with Crippen LogP contribution >= 0.6 is 0 Å². The molecule has 0 atom stereocenters. The van der Waals surface area contributed by atoms with Gasteiger partial charge in [-0.25, -0.2) is 9.97 Å². The number of pyridine rings is 2. The van der Waals surface area contributed by atoms with E-state index in [1.165, 1.54) is 0 Å². The Morgan fingerprint density at radius 1 is 1.00 bits per heavy atom. The maximum Gasteiger partial charge on any atom is 0.259 e. The molecule has 42 heavy (non-hydrogen) atoms. The van der Waals surface area contributed by atoms with Crippen LogP contribution in [-0.4, -0.2) is 79.2 Å². The fourth-order valence-corrected chi connectivity index (χ4v) is 5.58. The molecule has 1 saturated heterocycles. The molecular weight excluding hydrogens is 530 g/mol. The Kier molecular flexibility index (Phi) is 9.34. The Morgan fingerprint density at radius 3 is 2.64 bits per heavy atom. The van der Waals surface area contributed by atoms with Gasteiger partial charge in [-0.05, 0) is 66.9 Å². The molecule has 1 aromatic carbocycles. The molecule has 2 aromatic heterocycles. The summed E-state index contributed by atoms with van der Waals surface area (Å²) in [5, 5.41) is 9.76. The van der Waals surface area contributed by atoms with Gasteiger partial charge in [0.15, 0.2) is 0 Å². The summed E-state index contributed by atoms with van der Waals surface area (Å²) in [5.41, 5.74) is 4.04. The number of anilines is 4. The third-order valence-electron chi connectivity index (χ3n) is 7.85. The summed E-state index contributed by atoms with van der Waals surface area (Å²) in [7, 11) is 0. The van der Waals surface area contributed by atoms with Crippen molar-refractivity contribution in [3.8, 4) is 0 Å². The quantitative estimate of drug-likeness (QED) is 0.294. The van der Waals surface area contributed by atoms with Gasteiger partial charge in [0.25, 0.3) is 5.91 Å². The van der Waals surface area contributed by atoms with Gasteiger partial charge in [0.05, 0.1) is 18.8 Å². The molecule has 3 aromatic rings. The summed E-state index contributed by atoms with van der Waals surface area (Å²) in [6.45, 7) is 12.6. The number of carbonyl (C=O) groups is 2. The lowest BCUT2D eigenvalue weighted by molar-refractivity contribution is -0.116. The molecule has 5 rings (SSSR count). The second kappa shape index (κ2) is 13.3.